The summed E-state index contributed by atoms with van der Waals surface area (Å²) < 4.78 is 10.7. The van der Waals surface area contributed by atoms with Crippen molar-refractivity contribution in [3.8, 4) is 5.75 Å². The Morgan fingerprint density at radius 3 is 2.75 bits per heavy atom. The van der Waals surface area contributed by atoms with Crippen molar-refractivity contribution in [2.24, 2.45) is 0 Å². The molecule has 1 rings (SSSR count). The summed E-state index contributed by atoms with van der Waals surface area (Å²) in [7, 11) is 1.57. The Kier molecular flexibility index (Phi) is 5.09. The van der Waals surface area contributed by atoms with Gasteiger partial charge in [0, 0.05) is 0 Å². The summed E-state index contributed by atoms with van der Waals surface area (Å²) in [4.78, 5) is 11.4. The number of hydrogen-bond donors (Lipinski definition) is 0. The lowest BCUT2D eigenvalue weighted by Gasteiger charge is -2.10. The maximum atomic E-state index is 11.4. The number of rotatable bonds is 4. The van der Waals surface area contributed by atoms with Crippen LogP contribution in [0.3, 0.4) is 0 Å². The van der Waals surface area contributed by atoms with Gasteiger partial charge in [-0.05, 0) is 40.5 Å². The Morgan fingerprint density at radius 1 is 1.56 bits per heavy atom. The number of halogens is 2. The van der Waals surface area contributed by atoms with Crippen molar-refractivity contribution in [2.45, 2.75) is 12.3 Å². The summed E-state index contributed by atoms with van der Waals surface area (Å²) in [5.74, 6) is 0.248. The van der Waals surface area contributed by atoms with E-state index in [2.05, 4.69) is 15.9 Å². The lowest BCUT2D eigenvalue weighted by molar-refractivity contribution is -0.142. The number of hydrogen-bond acceptors (Lipinski definition) is 3. The van der Waals surface area contributed by atoms with E-state index in [0.717, 1.165) is 4.47 Å². The second-order valence-corrected chi connectivity index (χ2v) is 4.30. The molecule has 0 aliphatic carbocycles. The summed E-state index contributed by atoms with van der Waals surface area (Å²) in [6.45, 7) is 2.06. The lowest BCUT2D eigenvalue weighted by Crippen LogP contribution is -2.11. The van der Waals surface area contributed by atoms with Crippen LogP contribution in [0.4, 0.5) is 0 Å². The molecule has 88 valence electrons. The van der Waals surface area contributed by atoms with E-state index in [9.17, 15) is 4.79 Å². The monoisotopic (exact) mass is 306 g/mol. The minimum absolute atomic E-state index is 0.319. The highest BCUT2D eigenvalue weighted by Gasteiger charge is 2.19. The summed E-state index contributed by atoms with van der Waals surface area (Å²) >= 11 is 9.29. The Balaban J connectivity index is 2.88. The first kappa shape index (κ1) is 13.3. The van der Waals surface area contributed by atoms with E-state index in [1.54, 1.807) is 32.2 Å². The maximum absolute atomic E-state index is 11.4. The second-order valence-electron chi connectivity index (χ2n) is 3.01. The molecule has 0 amide bonds. The van der Waals surface area contributed by atoms with Crippen LogP contribution >= 0.6 is 27.5 Å². The van der Waals surface area contributed by atoms with E-state index < -0.39 is 11.3 Å². The molecule has 0 spiro atoms. The van der Waals surface area contributed by atoms with Gasteiger partial charge in [0.1, 0.15) is 5.75 Å². The van der Waals surface area contributed by atoms with Crippen molar-refractivity contribution in [1.82, 2.24) is 0 Å². The summed E-state index contributed by atoms with van der Waals surface area (Å²) in [6.07, 6.45) is 0. The molecule has 0 saturated carbocycles. The third-order valence-corrected chi connectivity index (χ3v) is 3.01. The van der Waals surface area contributed by atoms with E-state index in [4.69, 9.17) is 21.1 Å². The van der Waals surface area contributed by atoms with Gasteiger partial charge in [0.15, 0.2) is 5.38 Å². The molecule has 0 aliphatic heterocycles. The third-order valence-electron chi connectivity index (χ3n) is 1.96. The number of ether oxygens (including phenoxy) is 2. The molecule has 1 atom stereocenters. The quantitative estimate of drug-likeness (QED) is 0.632. The van der Waals surface area contributed by atoms with Gasteiger partial charge in [-0.15, -0.1) is 11.6 Å². The first-order valence-corrected chi connectivity index (χ1v) is 5.97. The van der Waals surface area contributed by atoms with Crippen LogP contribution in [-0.2, 0) is 9.53 Å². The van der Waals surface area contributed by atoms with E-state index in [1.165, 1.54) is 0 Å². The van der Waals surface area contributed by atoms with Gasteiger partial charge in [-0.3, -0.25) is 4.79 Å². The van der Waals surface area contributed by atoms with Crippen LogP contribution < -0.4 is 4.74 Å². The fourth-order valence-electron chi connectivity index (χ4n) is 1.19. The van der Waals surface area contributed by atoms with Gasteiger partial charge < -0.3 is 9.47 Å². The lowest BCUT2D eigenvalue weighted by atomic mass is 10.1. The Bertz CT molecular complexity index is 381. The minimum atomic E-state index is -0.790. The van der Waals surface area contributed by atoms with Gasteiger partial charge in [0.2, 0.25) is 0 Å². The smallest absolute Gasteiger partial charge is 0.328 e. The Hall–Kier alpha value is -0.740. The highest BCUT2D eigenvalue weighted by Crippen LogP contribution is 2.30. The molecule has 0 heterocycles. The minimum Gasteiger partial charge on any atom is -0.496 e. The highest BCUT2D eigenvalue weighted by atomic mass is 79.9. The number of alkyl halides is 1. The zero-order valence-corrected chi connectivity index (χ0v) is 11.3. The van der Waals surface area contributed by atoms with Crippen molar-refractivity contribution in [1.29, 1.82) is 0 Å². The van der Waals surface area contributed by atoms with Gasteiger partial charge in [-0.25, -0.2) is 0 Å². The molecule has 3 nitrogen and oxygen atoms in total. The van der Waals surface area contributed by atoms with Crippen molar-refractivity contribution in [3.05, 3.63) is 28.2 Å². The molecule has 0 N–H and O–H groups in total. The molecule has 0 aromatic heterocycles. The highest BCUT2D eigenvalue weighted by molar-refractivity contribution is 9.10. The molecular formula is C11H12BrClO3. The fraction of sp³-hybridized carbons (Fsp3) is 0.364. The van der Waals surface area contributed by atoms with Gasteiger partial charge >= 0.3 is 5.97 Å². The predicted molar refractivity (Wildman–Crippen MR) is 65.9 cm³/mol. The van der Waals surface area contributed by atoms with E-state index in [-0.39, 0.29) is 0 Å². The molecule has 0 aliphatic rings. The summed E-state index contributed by atoms with van der Waals surface area (Å²) in [5.41, 5.74) is 0.674. The number of esters is 1. The van der Waals surface area contributed by atoms with Crippen molar-refractivity contribution < 1.29 is 14.3 Å². The topological polar surface area (TPSA) is 35.5 Å². The zero-order valence-electron chi connectivity index (χ0n) is 9.00. The van der Waals surface area contributed by atoms with E-state index in [0.29, 0.717) is 17.9 Å². The summed E-state index contributed by atoms with van der Waals surface area (Å²) in [6, 6.07) is 5.22. The summed E-state index contributed by atoms with van der Waals surface area (Å²) in [5, 5.41) is -0.790. The van der Waals surface area contributed by atoms with Gasteiger partial charge in [0.05, 0.1) is 18.2 Å². The Morgan fingerprint density at radius 2 is 2.25 bits per heavy atom. The van der Waals surface area contributed by atoms with Gasteiger partial charge in [0.25, 0.3) is 0 Å². The number of benzene rings is 1. The van der Waals surface area contributed by atoms with Crippen LogP contribution in [-0.4, -0.2) is 19.7 Å². The van der Waals surface area contributed by atoms with Crippen molar-refractivity contribution in [2.75, 3.05) is 13.7 Å². The molecule has 1 unspecified atom stereocenters. The predicted octanol–water partition coefficient (Wildman–Crippen LogP) is 3.30. The molecular weight excluding hydrogens is 295 g/mol. The van der Waals surface area contributed by atoms with E-state index in [1.807, 2.05) is 0 Å². The molecule has 0 saturated heterocycles. The molecule has 0 bridgehead atoms. The van der Waals surface area contributed by atoms with Gasteiger partial charge in [-0.2, -0.15) is 0 Å². The largest absolute Gasteiger partial charge is 0.496 e. The van der Waals surface area contributed by atoms with Crippen LogP contribution in [0.2, 0.25) is 0 Å². The van der Waals surface area contributed by atoms with Crippen LogP contribution in [0.25, 0.3) is 0 Å². The third kappa shape index (κ3) is 3.12. The van der Waals surface area contributed by atoms with Crippen LogP contribution in [0.1, 0.15) is 17.9 Å². The van der Waals surface area contributed by atoms with Crippen molar-refractivity contribution in [3.63, 3.8) is 0 Å². The van der Waals surface area contributed by atoms with E-state index >= 15 is 0 Å². The number of methoxy groups -OCH3 is 1. The molecule has 1 aromatic rings. The Labute approximate surface area is 108 Å². The SMILES string of the molecule is CCOC(=O)C(Cl)c1ccc(OC)c(Br)c1. The first-order valence-electron chi connectivity index (χ1n) is 4.74. The zero-order chi connectivity index (χ0) is 12.1. The fourth-order valence-corrected chi connectivity index (χ4v) is 1.95. The average Bonchev–Trinajstić information content (AvgIpc) is 2.28. The average molecular weight is 308 g/mol. The van der Waals surface area contributed by atoms with Gasteiger partial charge in [-0.1, -0.05) is 6.07 Å². The van der Waals surface area contributed by atoms with Crippen LogP contribution in [0, 0.1) is 0 Å². The maximum Gasteiger partial charge on any atom is 0.328 e. The molecule has 0 fully saturated rings. The molecule has 0 radical (unpaired) electrons. The molecule has 16 heavy (non-hydrogen) atoms. The molecule has 1 aromatic carbocycles. The van der Waals surface area contributed by atoms with Crippen LogP contribution in [0.5, 0.6) is 5.75 Å². The molecule has 5 heteroatoms. The van der Waals surface area contributed by atoms with Crippen molar-refractivity contribution >= 4 is 33.5 Å². The van der Waals surface area contributed by atoms with Crippen LogP contribution in [0.15, 0.2) is 22.7 Å². The first-order chi connectivity index (χ1) is 7.60. The normalized spacial score (nSPS) is 12.0. The second kappa shape index (κ2) is 6.11. The standard InChI is InChI=1S/C11H12BrClO3/c1-3-16-11(14)10(13)7-4-5-9(15-2)8(12)6-7/h4-6,10H,3H2,1-2H3. The number of carbonyl (C=O) groups excluding carboxylic acids is 1. The number of carbonyl (C=O) groups is 1.